The Morgan fingerprint density at radius 2 is 1.76 bits per heavy atom. The predicted molar refractivity (Wildman–Crippen MR) is 72.1 cm³/mol. The summed E-state index contributed by atoms with van der Waals surface area (Å²) in [4.78, 5) is 8.96. The maximum Gasteiger partial charge on any atom is 0.133 e. The van der Waals surface area contributed by atoms with E-state index in [-0.39, 0.29) is 0 Å². The van der Waals surface area contributed by atoms with Crippen molar-refractivity contribution in [1.29, 1.82) is 0 Å². The Bertz CT molecular complexity index is 319. The van der Waals surface area contributed by atoms with E-state index >= 15 is 0 Å². The molecule has 0 amide bonds. The summed E-state index contributed by atoms with van der Waals surface area (Å²) < 4.78 is 0. The molecule has 3 heteroatoms. The Kier molecular flexibility index (Phi) is 5.56. The van der Waals surface area contributed by atoms with Crippen molar-refractivity contribution in [3.63, 3.8) is 0 Å². The first-order valence-corrected chi connectivity index (χ1v) is 6.58. The van der Waals surface area contributed by atoms with Gasteiger partial charge >= 0.3 is 0 Å². The van der Waals surface area contributed by atoms with Crippen LogP contribution in [0.25, 0.3) is 0 Å². The van der Waals surface area contributed by atoms with Crippen LogP contribution in [0, 0.1) is 12.8 Å². The van der Waals surface area contributed by atoms with Gasteiger partial charge in [-0.05, 0) is 38.3 Å². The molecular formula is C14H25N3. The third kappa shape index (κ3) is 4.08. The lowest BCUT2D eigenvalue weighted by molar-refractivity contribution is 0.363. The fourth-order valence-corrected chi connectivity index (χ4v) is 2.17. The van der Waals surface area contributed by atoms with Crippen LogP contribution in [0.15, 0.2) is 12.4 Å². The fourth-order valence-electron chi connectivity index (χ4n) is 2.17. The van der Waals surface area contributed by atoms with Crippen LogP contribution in [0.5, 0.6) is 0 Å². The van der Waals surface area contributed by atoms with Gasteiger partial charge in [0.15, 0.2) is 0 Å². The van der Waals surface area contributed by atoms with Gasteiger partial charge in [0.25, 0.3) is 0 Å². The second-order valence-corrected chi connectivity index (χ2v) is 5.13. The molecule has 2 atom stereocenters. The first kappa shape index (κ1) is 14.1. The molecule has 96 valence electrons. The molecule has 1 heterocycles. The molecule has 1 aromatic rings. The van der Waals surface area contributed by atoms with Crippen LogP contribution in [0.4, 0.5) is 0 Å². The first-order valence-electron chi connectivity index (χ1n) is 6.58. The highest BCUT2D eigenvalue weighted by Crippen LogP contribution is 2.24. The monoisotopic (exact) mass is 235 g/mol. The molecule has 1 rings (SSSR count). The SMILES string of the molecule is CCCNC(C)C(c1ncc(C)cn1)C(C)C. The van der Waals surface area contributed by atoms with Crippen molar-refractivity contribution in [3.05, 3.63) is 23.8 Å². The Balaban J connectivity index is 2.81. The smallest absolute Gasteiger partial charge is 0.133 e. The first-order chi connectivity index (χ1) is 8.06. The lowest BCUT2D eigenvalue weighted by atomic mass is 9.88. The summed E-state index contributed by atoms with van der Waals surface area (Å²) in [5.74, 6) is 1.88. The Hall–Kier alpha value is -0.960. The molecule has 2 unspecified atom stereocenters. The van der Waals surface area contributed by atoms with E-state index in [1.165, 1.54) is 0 Å². The molecule has 0 fully saturated rings. The molecule has 0 aliphatic carbocycles. The molecule has 0 saturated heterocycles. The zero-order valence-corrected chi connectivity index (χ0v) is 11.7. The summed E-state index contributed by atoms with van der Waals surface area (Å²) in [7, 11) is 0. The van der Waals surface area contributed by atoms with E-state index in [4.69, 9.17) is 0 Å². The third-order valence-corrected chi connectivity index (χ3v) is 3.07. The fraction of sp³-hybridized carbons (Fsp3) is 0.714. The molecule has 0 aromatic carbocycles. The maximum absolute atomic E-state index is 4.48. The predicted octanol–water partition coefficient (Wildman–Crippen LogP) is 2.91. The van der Waals surface area contributed by atoms with Gasteiger partial charge in [0.1, 0.15) is 5.82 Å². The second kappa shape index (κ2) is 6.70. The van der Waals surface area contributed by atoms with E-state index in [1.807, 2.05) is 19.3 Å². The molecule has 0 spiro atoms. The number of rotatable bonds is 6. The van der Waals surface area contributed by atoms with Crippen molar-refractivity contribution >= 4 is 0 Å². The molecule has 0 aliphatic heterocycles. The van der Waals surface area contributed by atoms with Crippen LogP contribution < -0.4 is 5.32 Å². The molecule has 3 nitrogen and oxygen atoms in total. The van der Waals surface area contributed by atoms with Gasteiger partial charge in [0.2, 0.25) is 0 Å². The van der Waals surface area contributed by atoms with Gasteiger partial charge in [-0.25, -0.2) is 9.97 Å². The second-order valence-electron chi connectivity index (χ2n) is 5.13. The van der Waals surface area contributed by atoms with Crippen LogP contribution >= 0.6 is 0 Å². The molecule has 0 radical (unpaired) electrons. The Labute approximate surface area is 105 Å². The minimum atomic E-state index is 0.377. The molecule has 1 aromatic heterocycles. The highest BCUT2D eigenvalue weighted by molar-refractivity contribution is 5.07. The van der Waals surface area contributed by atoms with Crippen LogP contribution in [0.1, 0.15) is 51.4 Å². The summed E-state index contributed by atoms with van der Waals surface area (Å²) >= 11 is 0. The van der Waals surface area contributed by atoms with Crippen molar-refractivity contribution in [2.75, 3.05) is 6.54 Å². The average Bonchev–Trinajstić information content (AvgIpc) is 2.29. The van der Waals surface area contributed by atoms with E-state index in [2.05, 4.69) is 43.0 Å². The van der Waals surface area contributed by atoms with Crippen LogP contribution in [0.3, 0.4) is 0 Å². The highest BCUT2D eigenvalue weighted by atomic mass is 14.9. The normalized spacial score (nSPS) is 14.9. The number of nitrogens with one attached hydrogen (secondary N) is 1. The van der Waals surface area contributed by atoms with Crippen molar-refractivity contribution in [1.82, 2.24) is 15.3 Å². The summed E-state index contributed by atoms with van der Waals surface area (Å²) in [6.07, 6.45) is 4.97. The molecular weight excluding hydrogens is 210 g/mol. The quantitative estimate of drug-likeness (QED) is 0.824. The van der Waals surface area contributed by atoms with E-state index in [1.54, 1.807) is 0 Å². The van der Waals surface area contributed by atoms with Gasteiger partial charge in [0.05, 0.1) is 0 Å². The van der Waals surface area contributed by atoms with Gasteiger partial charge in [0, 0.05) is 24.4 Å². The van der Waals surface area contributed by atoms with Gasteiger partial charge in [-0.15, -0.1) is 0 Å². The lowest BCUT2D eigenvalue weighted by Gasteiger charge is -2.27. The molecule has 0 saturated carbocycles. The standard InChI is InChI=1S/C14H25N3/c1-6-7-15-12(5)13(10(2)3)14-16-8-11(4)9-17-14/h8-10,12-13,15H,6-7H2,1-5H3. The summed E-state index contributed by atoms with van der Waals surface area (Å²) in [6, 6.07) is 0.414. The minimum absolute atomic E-state index is 0.377. The van der Waals surface area contributed by atoms with Crippen molar-refractivity contribution in [2.45, 2.75) is 53.0 Å². The molecule has 1 N–H and O–H groups in total. The number of hydrogen-bond acceptors (Lipinski definition) is 3. The van der Waals surface area contributed by atoms with Crippen molar-refractivity contribution in [2.24, 2.45) is 5.92 Å². The lowest BCUT2D eigenvalue weighted by Crippen LogP contribution is -2.36. The van der Waals surface area contributed by atoms with Gasteiger partial charge in [-0.1, -0.05) is 20.8 Å². The van der Waals surface area contributed by atoms with Gasteiger partial charge in [-0.3, -0.25) is 0 Å². The Morgan fingerprint density at radius 3 is 2.24 bits per heavy atom. The van der Waals surface area contributed by atoms with Crippen LogP contribution in [0.2, 0.25) is 0 Å². The molecule has 0 bridgehead atoms. The molecule has 17 heavy (non-hydrogen) atoms. The largest absolute Gasteiger partial charge is 0.314 e. The van der Waals surface area contributed by atoms with E-state index < -0.39 is 0 Å². The highest BCUT2D eigenvalue weighted by Gasteiger charge is 2.24. The number of aromatic nitrogens is 2. The van der Waals surface area contributed by atoms with Crippen LogP contribution in [-0.4, -0.2) is 22.6 Å². The van der Waals surface area contributed by atoms with Crippen molar-refractivity contribution < 1.29 is 0 Å². The summed E-state index contributed by atoms with van der Waals surface area (Å²) in [6.45, 7) is 12.0. The van der Waals surface area contributed by atoms with E-state index in [0.717, 1.165) is 24.4 Å². The third-order valence-electron chi connectivity index (χ3n) is 3.07. The van der Waals surface area contributed by atoms with Crippen molar-refractivity contribution in [3.8, 4) is 0 Å². The van der Waals surface area contributed by atoms with E-state index in [0.29, 0.717) is 17.9 Å². The topological polar surface area (TPSA) is 37.8 Å². The number of aryl methyl sites for hydroxylation is 1. The molecule has 0 aliphatic rings. The zero-order valence-electron chi connectivity index (χ0n) is 11.7. The zero-order chi connectivity index (χ0) is 12.8. The average molecular weight is 235 g/mol. The summed E-state index contributed by atoms with van der Waals surface area (Å²) in [5, 5.41) is 3.55. The number of nitrogens with zero attached hydrogens (tertiary/aromatic N) is 2. The maximum atomic E-state index is 4.48. The van der Waals surface area contributed by atoms with Crippen LogP contribution in [-0.2, 0) is 0 Å². The van der Waals surface area contributed by atoms with E-state index in [9.17, 15) is 0 Å². The van der Waals surface area contributed by atoms with Gasteiger partial charge in [-0.2, -0.15) is 0 Å². The Morgan fingerprint density at radius 1 is 1.18 bits per heavy atom. The minimum Gasteiger partial charge on any atom is -0.314 e. The number of hydrogen-bond donors (Lipinski definition) is 1. The van der Waals surface area contributed by atoms with Gasteiger partial charge < -0.3 is 5.32 Å². The summed E-state index contributed by atoms with van der Waals surface area (Å²) in [5.41, 5.74) is 1.12.